The van der Waals surface area contributed by atoms with Gasteiger partial charge in [0, 0.05) is 17.8 Å². The minimum atomic E-state index is -0.580. The zero-order chi connectivity index (χ0) is 14.1. The number of hydrogen-bond donors (Lipinski definition) is 1. The standard InChI is InChI=1S/C14H15NO4/c1-3-10-19-12-6-4-11(5-7-12)15-13(16)8-9-14(17)18-2/h3-9H,1,10H2,2H3,(H,15,16)/b9-8-. The predicted molar refractivity (Wildman–Crippen MR) is 71.9 cm³/mol. The van der Waals surface area contributed by atoms with Gasteiger partial charge in [-0.1, -0.05) is 12.7 Å². The minimum absolute atomic E-state index is 0.412. The molecule has 0 radical (unpaired) electrons. The molecule has 0 spiro atoms. The van der Waals surface area contributed by atoms with E-state index in [0.717, 1.165) is 12.2 Å². The summed E-state index contributed by atoms with van der Waals surface area (Å²) in [5.41, 5.74) is 0.602. The number of carbonyl (C=O) groups is 2. The summed E-state index contributed by atoms with van der Waals surface area (Å²) in [5.74, 6) is -0.309. The Balaban J connectivity index is 2.53. The first-order valence-corrected chi connectivity index (χ1v) is 5.56. The molecular weight excluding hydrogens is 246 g/mol. The van der Waals surface area contributed by atoms with E-state index < -0.39 is 11.9 Å². The number of hydrogen-bond acceptors (Lipinski definition) is 4. The van der Waals surface area contributed by atoms with Crippen molar-refractivity contribution in [1.82, 2.24) is 0 Å². The Labute approximate surface area is 111 Å². The molecular formula is C14H15NO4. The third-order valence-corrected chi connectivity index (χ3v) is 2.06. The summed E-state index contributed by atoms with van der Waals surface area (Å²) in [6, 6.07) is 6.84. The van der Waals surface area contributed by atoms with Gasteiger partial charge < -0.3 is 14.8 Å². The van der Waals surface area contributed by atoms with Crippen molar-refractivity contribution in [2.24, 2.45) is 0 Å². The molecule has 1 aromatic carbocycles. The predicted octanol–water partition coefficient (Wildman–Crippen LogP) is 1.92. The van der Waals surface area contributed by atoms with Crippen LogP contribution in [0.1, 0.15) is 0 Å². The Kier molecular flexibility index (Phi) is 5.88. The first-order valence-electron chi connectivity index (χ1n) is 5.56. The van der Waals surface area contributed by atoms with E-state index in [4.69, 9.17) is 4.74 Å². The van der Waals surface area contributed by atoms with E-state index in [2.05, 4.69) is 16.6 Å². The second-order valence-corrected chi connectivity index (χ2v) is 3.47. The number of anilines is 1. The highest BCUT2D eigenvalue weighted by atomic mass is 16.5. The lowest BCUT2D eigenvalue weighted by atomic mass is 10.3. The van der Waals surface area contributed by atoms with Crippen molar-refractivity contribution >= 4 is 17.6 Å². The van der Waals surface area contributed by atoms with E-state index in [9.17, 15) is 9.59 Å². The number of ether oxygens (including phenoxy) is 2. The molecule has 1 aromatic rings. The molecule has 0 heterocycles. The number of nitrogens with one attached hydrogen (secondary N) is 1. The van der Waals surface area contributed by atoms with Crippen LogP contribution in [0, 0.1) is 0 Å². The number of esters is 1. The third kappa shape index (κ3) is 5.54. The number of rotatable bonds is 6. The molecule has 0 aliphatic rings. The van der Waals surface area contributed by atoms with E-state index in [1.54, 1.807) is 30.3 Å². The Morgan fingerprint density at radius 2 is 1.95 bits per heavy atom. The summed E-state index contributed by atoms with van der Waals surface area (Å²) in [4.78, 5) is 22.2. The summed E-state index contributed by atoms with van der Waals surface area (Å²) < 4.78 is 9.68. The van der Waals surface area contributed by atoms with Crippen molar-refractivity contribution in [2.75, 3.05) is 19.0 Å². The van der Waals surface area contributed by atoms with Gasteiger partial charge in [0.15, 0.2) is 0 Å². The molecule has 0 bridgehead atoms. The lowest BCUT2D eigenvalue weighted by Gasteiger charge is -2.05. The Morgan fingerprint density at radius 1 is 1.26 bits per heavy atom. The second kappa shape index (κ2) is 7.71. The second-order valence-electron chi connectivity index (χ2n) is 3.47. The van der Waals surface area contributed by atoms with Gasteiger partial charge in [-0.2, -0.15) is 0 Å². The number of amides is 1. The lowest BCUT2D eigenvalue weighted by molar-refractivity contribution is -0.135. The topological polar surface area (TPSA) is 64.6 Å². The molecule has 100 valence electrons. The average molecular weight is 261 g/mol. The molecule has 0 aliphatic carbocycles. The van der Waals surface area contributed by atoms with Crippen molar-refractivity contribution in [3.63, 3.8) is 0 Å². The first-order chi connectivity index (χ1) is 9.15. The van der Waals surface area contributed by atoms with E-state index in [1.807, 2.05) is 0 Å². The van der Waals surface area contributed by atoms with Crippen LogP contribution in [0.25, 0.3) is 0 Å². The fraction of sp³-hybridized carbons (Fsp3) is 0.143. The van der Waals surface area contributed by atoms with E-state index in [0.29, 0.717) is 18.0 Å². The maximum atomic E-state index is 11.4. The Hall–Kier alpha value is -2.56. The number of carbonyl (C=O) groups excluding carboxylic acids is 2. The van der Waals surface area contributed by atoms with Crippen molar-refractivity contribution < 1.29 is 19.1 Å². The number of benzene rings is 1. The summed E-state index contributed by atoms with van der Waals surface area (Å²) >= 11 is 0. The fourth-order valence-corrected chi connectivity index (χ4v) is 1.19. The van der Waals surface area contributed by atoms with Gasteiger partial charge in [0.05, 0.1) is 7.11 Å². The summed E-state index contributed by atoms with van der Waals surface area (Å²) in [7, 11) is 1.24. The van der Waals surface area contributed by atoms with Crippen LogP contribution in [-0.2, 0) is 14.3 Å². The molecule has 0 saturated heterocycles. The van der Waals surface area contributed by atoms with Gasteiger partial charge in [0.2, 0.25) is 5.91 Å². The Bertz CT molecular complexity index is 477. The van der Waals surface area contributed by atoms with Crippen LogP contribution >= 0.6 is 0 Å². The highest BCUT2D eigenvalue weighted by Gasteiger charge is 2.00. The van der Waals surface area contributed by atoms with Crippen LogP contribution in [-0.4, -0.2) is 25.6 Å². The van der Waals surface area contributed by atoms with Gasteiger partial charge in [-0.3, -0.25) is 4.79 Å². The largest absolute Gasteiger partial charge is 0.490 e. The molecule has 0 atom stereocenters. The lowest BCUT2D eigenvalue weighted by Crippen LogP contribution is -2.09. The van der Waals surface area contributed by atoms with Crippen molar-refractivity contribution in [2.45, 2.75) is 0 Å². The molecule has 0 fully saturated rings. The van der Waals surface area contributed by atoms with Gasteiger partial charge in [0.25, 0.3) is 0 Å². The number of methoxy groups -OCH3 is 1. The molecule has 0 aliphatic heterocycles. The smallest absolute Gasteiger partial charge is 0.330 e. The van der Waals surface area contributed by atoms with Gasteiger partial charge in [-0.25, -0.2) is 4.79 Å². The molecule has 0 saturated carbocycles. The van der Waals surface area contributed by atoms with Gasteiger partial charge in [-0.15, -0.1) is 0 Å². The summed E-state index contributed by atoms with van der Waals surface area (Å²) in [6.45, 7) is 3.97. The van der Waals surface area contributed by atoms with Crippen molar-refractivity contribution in [1.29, 1.82) is 0 Å². The summed E-state index contributed by atoms with van der Waals surface area (Å²) in [6.07, 6.45) is 3.80. The highest BCUT2D eigenvalue weighted by molar-refractivity contribution is 6.02. The molecule has 1 N–H and O–H groups in total. The van der Waals surface area contributed by atoms with Crippen LogP contribution in [0.4, 0.5) is 5.69 Å². The zero-order valence-corrected chi connectivity index (χ0v) is 10.6. The monoisotopic (exact) mass is 261 g/mol. The molecule has 0 unspecified atom stereocenters. The van der Waals surface area contributed by atoms with E-state index in [-0.39, 0.29) is 0 Å². The van der Waals surface area contributed by atoms with Gasteiger partial charge in [-0.05, 0) is 24.3 Å². The fourth-order valence-electron chi connectivity index (χ4n) is 1.19. The van der Waals surface area contributed by atoms with Crippen LogP contribution in [0.3, 0.4) is 0 Å². The van der Waals surface area contributed by atoms with Crippen molar-refractivity contribution in [3.8, 4) is 5.75 Å². The third-order valence-electron chi connectivity index (χ3n) is 2.06. The molecule has 1 rings (SSSR count). The molecule has 1 amide bonds. The molecule has 19 heavy (non-hydrogen) atoms. The average Bonchev–Trinajstić information content (AvgIpc) is 2.44. The minimum Gasteiger partial charge on any atom is -0.490 e. The normalized spacial score (nSPS) is 9.95. The van der Waals surface area contributed by atoms with Crippen molar-refractivity contribution in [3.05, 3.63) is 49.1 Å². The van der Waals surface area contributed by atoms with Gasteiger partial charge in [0.1, 0.15) is 12.4 Å². The van der Waals surface area contributed by atoms with E-state index in [1.165, 1.54) is 7.11 Å². The SMILES string of the molecule is C=CCOc1ccc(NC(=O)/C=C\C(=O)OC)cc1. The maximum absolute atomic E-state index is 11.4. The van der Waals surface area contributed by atoms with E-state index >= 15 is 0 Å². The first kappa shape index (κ1) is 14.5. The van der Waals surface area contributed by atoms with Crippen LogP contribution < -0.4 is 10.1 Å². The van der Waals surface area contributed by atoms with Gasteiger partial charge >= 0.3 is 5.97 Å². The van der Waals surface area contributed by atoms with Crippen LogP contribution in [0.5, 0.6) is 5.75 Å². The Morgan fingerprint density at radius 3 is 2.53 bits per heavy atom. The quantitative estimate of drug-likeness (QED) is 0.482. The molecule has 5 nitrogen and oxygen atoms in total. The highest BCUT2D eigenvalue weighted by Crippen LogP contribution is 2.15. The van der Waals surface area contributed by atoms with Crippen LogP contribution in [0.15, 0.2) is 49.1 Å². The zero-order valence-electron chi connectivity index (χ0n) is 10.6. The summed E-state index contributed by atoms with van der Waals surface area (Å²) in [5, 5.41) is 2.60. The molecule has 0 aromatic heterocycles. The maximum Gasteiger partial charge on any atom is 0.330 e. The van der Waals surface area contributed by atoms with Crippen LogP contribution in [0.2, 0.25) is 0 Å². The molecule has 5 heteroatoms.